The van der Waals surface area contributed by atoms with Crippen molar-refractivity contribution in [3.05, 3.63) is 57.6 Å². The predicted octanol–water partition coefficient (Wildman–Crippen LogP) is 3.14. The highest BCUT2D eigenvalue weighted by Gasteiger charge is 2.14. The van der Waals surface area contributed by atoms with Gasteiger partial charge in [0.2, 0.25) is 0 Å². The number of carbonyl (C=O) groups is 1. The molecular weight excluding hydrogens is 346 g/mol. The third-order valence-electron chi connectivity index (χ3n) is 2.86. The summed E-state index contributed by atoms with van der Waals surface area (Å²) in [6, 6.07) is 6.59. The average Bonchev–Trinajstić information content (AvgIpc) is 2.41. The number of primary amides is 1. The summed E-state index contributed by atoms with van der Waals surface area (Å²) in [6.45, 7) is 0.0893. The van der Waals surface area contributed by atoms with Crippen LogP contribution < -0.4 is 11.1 Å². The van der Waals surface area contributed by atoms with Gasteiger partial charge in [0.05, 0.1) is 15.7 Å². The minimum Gasteiger partial charge on any atom is -0.506 e. The van der Waals surface area contributed by atoms with Crippen LogP contribution in [0.15, 0.2) is 34.8 Å². The maximum atomic E-state index is 13.7. The Morgan fingerprint density at radius 2 is 2.00 bits per heavy atom. The molecule has 0 radical (unpaired) electrons. The SMILES string of the molecule is NC(=O)c1cc(NCc2cccc(Br)c2O)c(F)cc1F. The second-order valence-corrected chi connectivity index (χ2v) is 5.13. The van der Waals surface area contributed by atoms with E-state index in [0.717, 1.165) is 6.07 Å². The lowest BCUT2D eigenvalue weighted by molar-refractivity contribution is 0.0996. The molecule has 2 rings (SSSR count). The quantitative estimate of drug-likeness (QED) is 0.787. The fourth-order valence-electron chi connectivity index (χ4n) is 1.77. The molecule has 110 valence electrons. The summed E-state index contributed by atoms with van der Waals surface area (Å²) in [6.07, 6.45) is 0. The van der Waals surface area contributed by atoms with Crippen LogP contribution in [0.2, 0.25) is 0 Å². The first kappa shape index (κ1) is 15.2. The van der Waals surface area contributed by atoms with Crippen LogP contribution >= 0.6 is 15.9 Å². The van der Waals surface area contributed by atoms with Crippen molar-refractivity contribution in [3.8, 4) is 5.75 Å². The fraction of sp³-hybridized carbons (Fsp3) is 0.0714. The Kier molecular flexibility index (Phi) is 4.42. The Balaban J connectivity index is 2.26. The third kappa shape index (κ3) is 3.30. The van der Waals surface area contributed by atoms with Crippen molar-refractivity contribution in [1.82, 2.24) is 0 Å². The molecule has 1 amide bonds. The van der Waals surface area contributed by atoms with Crippen molar-refractivity contribution in [2.24, 2.45) is 5.73 Å². The number of rotatable bonds is 4. The molecule has 2 aromatic rings. The summed E-state index contributed by atoms with van der Waals surface area (Å²) in [5.74, 6) is -2.84. The molecule has 0 heterocycles. The first-order chi connectivity index (χ1) is 9.90. The topological polar surface area (TPSA) is 75.4 Å². The summed E-state index contributed by atoms with van der Waals surface area (Å²) < 4.78 is 27.5. The molecule has 0 unspecified atom stereocenters. The number of amides is 1. The Labute approximate surface area is 127 Å². The number of phenolic OH excluding ortho intramolecular Hbond substituents is 1. The van der Waals surface area contributed by atoms with Crippen molar-refractivity contribution in [3.63, 3.8) is 0 Å². The van der Waals surface area contributed by atoms with Crippen LogP contribution in [0.1, 0.15) is 15.9 Å². The lowest BCUT2D eigenvalue weighted by Crippen LogP contribution is -2.14. The Morgan fingerprint density at radius 1 is 1.29 bits per heavy atom. The molecule has 0 aliphatic rings. The first-order valence-corrected chi connectivity index (χ1v) is 6.68. The summed E-state index contributed by atoms with van der Waals surface area (Å²) >= 11 is 3.16. The molecule has 0 atom stereocenters. The molecule has 4 N–H and O–H groups in total. The summed E-state index contributed by atoms with van der Waals surface area (Å²) in [7, 11) is 0. The van der Waals surface area contributed by atoms with E-state index in [9.17, 15) is 18.7 Å². The third-order valence-corrected chi connectivity index (χ3v) is 3.50. The second-order valence-electron chi connectivity index (χ2n) is 4.28. The van der Waals surface area contributed by atoms with Gasteiger partial charge in [-0.15, -0.1) is 0 Å². The van der Waals surface area contributed by atoms with E-state index in [1.807, 2.05) is 0 Å². The van der Waals surface area contributed by atoms with Crippen molar-refractivity contribution in [2.45, 2.75) is 6.54 Å². The number of phenols is 1. The number of benzene rings is 2. The number of para-hydroxylation sites is 1. The van der Waals surface area contributed by atoms with Gasteiger partial charge in [0.25, 0.3) is 5.91 Å². The summed E-state index contributed by atoms with van der Waals surface area (Å²) in [5.41, 5.74) is 5.03. The van der Waals surface area contributed by atoms with Crippen LogP contribution in [0.25, 0.3) is 0 Å². The first-order valence-electron chi connectivity index (χ1n) is 5.89. The number of aromatic hydroxyl groups is 1. The van der Waals surface area contributed by atoms with Gasteiger partial charge in [0, 0.05) is 18.2 Å². The van der Waals surface area contributed by atoms with Gasteiger partial charge in [-0.1, -0.05) is 12.1 Å². The van der Waals surface area contributed by atoms with Gasteiger partial charge >= 0.3 is 0 Å². The lowest BCUT2D eigenvalue weighted by Gasteiger charge is -2.11. The van der Waals surface area contributed by atoms with E-state index >= 15 is 0 Å². The number of hydrogen-bond acceptors (Lipinski definition) is 3. The van der Waals surface area contributed by atoms with Crippen LogP contribution in [0.3, 0.4) is 0 Å². The Morgan fingerprint density at radius 3 is 2.67 bits per heavy atom. The molecule has 0 aliphatic heterocycles. The molecule has 0 aromatic heterocycles. The van der Waals surface area contributed by atoms with E-state index in [2.05, 4.69) is 21.2 Å². The zero-order chi connectivity index (χ0) is 15.6. The van der Waals surface area contributed by atoms with Gasteiger partial charge in [0.15, 0.2) is 0 Å². The fourth-order valence-corrected chi connectivity index (χ4v) is 2.17. The molecule has 4 nitrogen and oxygen atoms in total. The molecule has 0 bridgehead atoms. The predicted molar refractivity (Wildman–Crippen MR) is 78.0 cm³/mol. The number of anilines is 1. The molecule has 0 saturated heterocycles. The average molecular weight is 357 g/mol. The van der Waals surface area contributed by atoms with Gasteiger partial charge in [-0.05, 0) is 28.1 Å². The van der Waals surface area contributed by atoms with Gasteiger partial charge in [0.1, 0.15) is 17.4 Å². The Hall–Kier alpha value is -2.15. The van der Waals surface area contributed by atoms with E-state index in [1.165, 1.54) is 0 Å². The van der Waals surface area contributed by atoms with E-state index in [0.29, 0.717) is 16.1 Å². The van der Waals surface area contributed by atoms with E-state index in [4.69, 9.17) is 5.73 Å². The highest BCUT2D eigenvalue weighted by atomic mass is 79.9. The molecule has 21 heavy (non-hydrogen) atoms. The van der Waals surface area contributed by atoms with Crippen molar-refractivity contribution < 1.29 is 18.7 Å². The molecule has 7 heteroatoms. The maximum absolute atomic E-state index is 13.7. The maximum Gasteiger partial charge on any atom is 0.251 e. The number of nitrogens with one attached hydrogen (secondary N) is 1. The van der Waals surface area contributed by atoms with Crippen molar-refractivity contribution >= 4 is 27.5 Å². The number of carbonyl (C=O) groups excluding carboxylic acids is 1. The van der Waals surface area contributed by atoms with Crippen LogP contribution in [0.4, 0.5) is 14.5 Å². The standard InChI is InChI=1S/C14H11BrF2N2O2/c15-9-3-1-2-7(13(9)20)6-19-12-4-8(14(18)21)10(16)5-11(12)17/h1-5,19-20H,6H2,(H2,18,21). The molecule has 0 fully saturated rings. The molecule has 0 saturated carbocycles. The lowest BCUT2D eigenvalue weighted by atomic mass is 10.1. The monoisotopic (exact) mass is 356 g/mol. The zero-order valence-corrected chi connectivity index (χ0v) is 12.2. The van der Waals surface area contributed by atoms with E-state index < -0.39 is 23.1 Å². The molecule has 0 spiro atoms. The highest BCUT2D eigenvalue weighted by Crippen LogP contribution is 2.28. The van der Waals surface area contributed by atoms with Gasteiger partial charge in [-0.2, -0.15) is 0 Å². The highest BCUT2D eigenvalue weighted by molar-refractivity contribution is 9.10. The normalized spacial score (nSPS) is 10.4. The molecule has 0 aliphatic carbocycles. The van der Waals surface area contributed by atoms with Crippen LogP contribution in [-0.2, 0) is 6.54 Å². The zero-order valence-electron chi connectivity index (χ0n) is 10.7. The van der Waals surface area contributed by atoms with Crippen molar-refractivity contribution in [1.29, 1.82) is 0 Å². The smallest absolute Gasteiger partial charge is 0.251 e. The largest absolute Gasteiger partial charge is 0.506 e. The second kappa shape index (κ2) is 6.09. The van der Waals surface area contributed by atoms with Gasteiger partial charge in [-0.25, -0.2) is 8.78 Å². The number of nitrogens with two attached hydrogens (primary N) is 1. The summed E-state index contributed by atoms with van der Waals surface area (Å²) in [4.78, 5) is 11.0. The minimum absolute atomic E-state index is 0.0163. The Bertz CT molecular complexity index is 708. The molecular formula is C14H11BrF2N2O2. The van der Waals surface area contributed by atoms with Crippen LogP contribution in [-0.4, -0.2) is 11.0 Å². The van der Waals surface area contributed by atoms with Crippen LogP contribution in [0, 0.1) is 11.6 Å². The summed E-state index contributed by atoms with van der Waals surface area (Å²) in [5, 5.41) is 12.5. The van der Waals surface area contributed by atoms with E-state index in [1.54, 1.807) is 18.2 Å². The van der Waals surface area contributed by atoms with Crippen molar-refractivity contribution in [2.75, 3.05) is 5.32 Å². The van der Waals surface area contributed by atoms with Crippen LogP contribution in [0.5, 0.6) is 5.75 Å². The molecule has 2 aromatic carbocycles. The van der Waals surface area contributed by atoms with Gasteiger partial charge < -0.3 is 16.2 Å². The van der Waals surface area contributed by atoms with E-state index in [-0.39, 0.29) is 18.0 Å². The minimum atomic E-state index is -1.02. The number of hydrogen-bond donors (Lipinski definition) is 3. The number of halogens is 3. The van der Waals surface area contributed by atoms with Gasteiger partial charge in [-0.3, -0.25) is 4.79 Å².